The highest BCUT2D eigenvalue weighted by molar-refractivity contribution is 5.62. The lowest BCUT2D eigenvalue weighted by molar-refractivity contribution is 0.516. The topological polar surface area (TPSA) is 3.24 Å². The zero-order valence-electron chi connectivity index (χ0n) is 10.2. The van der Waals surface area contributed by atoms with Crippen LogP contribution in [0.3, 0.4) is 0 Å². The molecule has 0 saturated heterocycles. The van der Waals surface area contributed by atoms with E-state index in [-0.39, 0.29) is 0 Å². The molecule has 0 bridgehead atoms. The van der Waals surface area contributed by atoms with Gasteiger partial charge >= 0.3 is 0 Å². The molecule has 0 aromatic heterocycles. The van der Waals surface area contributed by atoms with Gasteiger partial charge < -0.3 is 4.90 Å². The smallest absolute Gasteiger partial charge is 0.0407 e. The van der Waals surface area contributed by atoms with Crippen LogP contribution in [-0.4, -0.2) is 12.6 Å². The molecule has 1 unspecified atom stereocenters. The quantitative estimate of drug-likeness (QED) is 0.710. The molecule has 15 heavy (non-hydrogen) atoms. The van der Waals surface area contributed by atoms with Crippen molar-refractivity contribution in [3.63, 3.8) is 0 Å². The van der Waals surface area contributed by atoms with Gasteiger partial charge in [0, 0.05) is 23.7 Å². The number of hydrogen-bond acceptors (Lipinski definition) is 1. The summed E-state index contributed by atoms with van der Waals surface area (Å²) in [4.78, 5) is 2.55. The normalized spacial score (nSPS) is 20.1. The first-order valence-electron chi connectivity index (χ1n) is 5.92. The Balaban J connectivity index is 2.42. The molecule has 0 N–H and O–H groups in total. The van der Waals surface area contributed by atoms with E-state index in [9.17, 15) is 0 Å². The van der Waals surface area contributed by atoms with E-state index >= 15 is 0 Å². The van der Waals surface area contributed by atoms with E-state index in [0.29, 0.717) is 11.5 Å². The first-order valence-corrected chi connectivity index (χ1v) is 5.92. The van der Waals surface area contributed by atoms with Crippen LogP contribution in [0.15, 0.2) is 24.3 Å². The maximum atomic E-state index is 2.55. The summed E-state index contributed by atoms with van der Waals surface area (Å²) in [6, 6.07) is 9.48. The molecule has 1 atom stereocenters. The molecular weight excluding hydrogens is 182 g/mol. The van der Waals surface area contributed by atoms with E-state index in [1.165, 1.54) is 17.7 Å². The lowest BCUT2D eigenvalue weighted by Gasteiger charge is -2.28. The predicted molar refractivity (Wildman–Crippen MR) is 66.6 cm³/mol. The number of rotatable bonds is 2. The number of anilines is 1. The van der Waals surface area contributed by atoms with Crippen LogP contribution in [0.2, 0.25) is 0 Å². The van der Waals surface area contributed by atoms with E-state index in [1.54, 1.807) is 0 Å². The lowest BCUT2D eigenvalue weighted by atomic mass is 9.87. The fourth-order valence-corrected chi connectivity index (χ4v) is 2.51. The van der Waals surface area contributed by atoms with Crippen molar-refractivity contribution in [2.24, 2.45) is 0 Å². The molecular formula is C14H21N. The summed E-state index contributed by atoms with van der Waals surface area (Å²) in [6.45, 7) is 10.4. The van der Waals surface area contributed by atoms with Gasteiger partial charge in [0.25, 0.3) is 0 Å². The molecule has 82 valence electrons. The molecule has 0 fully saturated rings. The molecule has 1 aromatic rings. The summed E-state index contributed by atoms with van der Waals surface area (Å²) in [5, 5.41) is 0. The standard InChI is InChI=1S/C14H21N/c1-5-11(2)15-10-14(3,4)12-8-6-7-9-13(12)15/h6-9,11H,5,10H2,1-4H3. The van der Waals surface area contributed by atoms with Gasteiger partial charge in [-0.05, 0) is 25.0 Å². The van der Waals surface area contributed by atoms with Gasteiger partial charge in [0.15, 0.2) is 0 Å². The Morgan fingerprint density at radius 3 is 2.67 bits per heavy atom. The second kappa shape index (κ2) is 3.55. The summed E-state index contributed by atoms with van der Waals surface area (Å²) in [5.74, 6) is 0. The zero-order chi connectivity index (χ0) is 11.1. The van der Waals surface area contributed by atoms with Crippen LogP contribution in [0.5, 0.6) is 0 Å². The van der Waals surface area contributed by atoms with Crippen molar-refractivity contribution in [2.45, 2.75) is 45.6 Å². The fraction of sp³-hybridized carbons (Fsp3) is 0.571. The fourth-order valence-electron chi connectivity index (χ4n) is 2.51. The zero-order valence-corrected chi connectivity index (χ0v) is 10.2. The van der Waals surface area contributed by atoms with Crippen LogP contribution in [0.25, 0.3) is 0 Å². The summed E-state index contributed by atoms with van der Waals surface area (Å²) < 4.78 is 0. The molecule has 0 spiro atoms. The van der Waals surface area contributed by atoms with Crippen molar-refractivity contribution >= 4 is 5.69 Å². The van der Waals surface area contributed by atoms with Crippen molar-refractivity contribution in [1.82, 2.24) is 0 Å². The summed E-state index contributed by atoms with van der Waals surface area (Å²) in [5.41, 5.74) is 3.25. The highest BCUT2D eigenvalue weighted by Gasteiger charge is 2.35. The van der Waals surface area contributed by atoms with Gasteiger partial charge in [-0.1, -0.05) is 39.0 Å². The number of hydrogen-bond donors (Lipinski definition) is 0. The third kappa shape index (κ3) is 1.64. The SMILES string of the molecule is CCC(C)N1CC(C)(C)c2ccccc21. The molecule has 0 radical (unpaired) electrons. The number of nitrogens with zero attached hydrogens (tertiary/aromatic N) is 1. The van der Waals surface area contributed by atoms with E-state index in [4.69, 9.17) is 0 Å². The Labute approximate surface area is 93.1 Å². The van der Waals surface area contributed by atoms with E-state index < -0.39 is 0 Å². The van der Waals surface area contributed by atoms with E-state index in [2.05, 4.69) is 56.9 Å². The van der Waals surface area contributed by atoms with Gasteiger partial charge in [0.05, 0.1) is 0 Å². The van der Waals surface area contributed by atoms with Crippen molar-refractivity contribution in [3.05, 3.63) is 29.8 Å². The number of benzene rings is 1. The second-order valence-corrected chi connectivity index (χ2v) is 5.29. The van der Waals surface area contributed by atoms with Crippen molar-refractivity contribution < 1.29 is 0 Å². The molecule has 0 aliphatic carbocycles. The maximum Gasteiger partial charge on any atom is 0.0407 e. The van der Waals surface area contributed by atoms with Gasteiger partial charge in [-0.15, -0.1) is 0 Å². The Bertz CT molecular complexity index is 354. The Morgan fingerprint density at radius 2 is 2.00 bits per heavy atom. The predicted octanol–water partition coefficient (Wildman–Crippen LogP) is 3.58. The van der Waals surface area contributed by atoms with Crippen LogP contribution in [-0.2, 0) is 5.41 Å². The van der Waals surface area contributed by atoms with Crippen LogP contribution in [0, 0.1) is 0 Å². The average Bonchev–Trinajstić information content (AvgIpc) is 2.51. The number of fused-ring (bicyclic) bond motifs is 1. The summed E-state index contributed by atoms with van der Waals surface area (Å²) >= 11 is 0. The molecule has 1 heteroatoms. The van der Waals surface area contributed by atoms with Crippen molar-refractivity contribution in [2.75, 3.05) is 11.4 Å². The van der Waals surface area contributed by atoms with Gasteiger partial charge in [-0.25, -0.2) is 0 Å². The van der Waals surface area contributed by atoms with Crippen LogP contribution in [0.1, 0.15) is 39.7 Å². The van der Waals surface area contributed by atoms with Crippen molar-refractivity contribution in [1.29, 1.82) is 0 Å². The molecule has 1 aliphatic rings. The van der Waals surface area contributed by atoms with Crippen molar-refractivity contribution in [3.8, 4) is 0 Å². The molecule has 2 rings (SSSR count). The first-order chi connectivity index (χ1) is 7.06. The molecule has 0 saturated carbocycles. The minimum atomic E-state index is 0.306. The summed E-state index contributed by atoms with van der Waals surface area (Å²) in [7, 11) is 0. The molecule has 0 amide bonds. The third-order valence-corrected chi connectivity index (χ3v) is 3.63. The van der Waals surface area contributed by atoms with Gasteiger partial charge in [0.1, 0.15) is 0 Å². The highest BCUT2D eigenvalue weighted by atomic mass is 15.2. The molecule has 1 aromatic carbocycles. The third-order valence-electron chi connectivity index (χ3n) is 3.63. The monoisotopic (exact) mass is 203 g/mol. The van der Waals surface area contributed by atoms with Gasteiger partial charge in [-0.2, -0.15) is 0 Å². The highest BCUT2D eigenvalue weighted by Crippen LogP contribution is 2.41. The van der Waals surface area contributed by atoms with Crippen LogP contribution in [0.4, 0.5) is 5.69 Å². The molecule has 1 nitrogen and oxygen atoms in total. The van der Waals surface area contributed by atoms with Crippen LogP contribution < -0.4 is 4.90 Å². The Hall–Kier alpha value is -0.980. The van der Waals surface area contributed by atoms with Gasteiger partial charge in [0.2, 0.25) is 0 Å². The number of para-hydroxylation sites is 1. The minimum absolute atomic E-state index is 0.306. The Morgan fingerprint density at radius 1 is 1.33 bits per heavy atom. The maximum absolute atomic E-state index is 2.55. The molecule has 1 aliphatic heterocycles. The van der Waals surface area contributed by atoms with E-state index in [0.717, 1.165) is 6.54 Å². The van der Waals surface area contributed by atoms with Gasteiger partial charge in [-0.3, -0.25) is 0 Å². The average molecular weight is 203 g/mol. The van der Waals surface area contributed by atoms with Crippen LogP contribution >= 0.6 is 0 Å². The lowest BCUT2D eigenvalue weighted by Crippen LogP contribution is -2.35. The first kappa shape index (κ1) is 10.5. The minimum Gasteiger partial charge on any atom is -0.368 e. The second-order valence-electron chi connectivity index (χ2n) is 5.29. The molecule has 1 heterocycles. The largest absolute Gasteiger partial charge is 0.368 e. The summed E-state index contributed by atoms with van der Waals surface area (Å²) in [6.07, 6.45) is 1.21. The Kier molecular flexibility index (Phi) is 2.49. The van der Waals surface area contributed by atoms with E-state index in [1.807, 2.05) is 0 Å².